The zero-order chi connectivity index (χ0) is 14.0. The van der Waals surface area contributed by atoms with Gasteiger partial charge in [0.1, 0.15) is 11.6 Å². The number of piperazine rings is 1. The van der Waals surface area contributed by atoms with Crippen LogP contribution in [-0.2, 0) is 0 Å². The first kappa shape index (κ1) is 14.1. The molecule has 0 spiro atoms. The van der Waals surface area contributed by atoms with Gasteiger partial charge in [-0.05, 0) is 26.1 Å². The molecule has 104 valence electrons. The average molecular weight is 268 g/mol. The lowest BCUT2D eigenvalue weighted by molar-refractivity contribution is 0.0782. The average Bonchev–Trinajstić information content (AvgIpc) is 2.33. The highest BCUT2D eigenvalue weighted by Crippen LogP contribution is 2.13. The number of carbonyl (C=O) groups is 1. The molecule has 0 bridgehead atoms. The minimum absolute atomic E-state index is 0.0343. The van der Waals surface area contributed by atoms with E-state index >= 15 is 0 Å². The summed E-state index contributed by atoms with van der Waals surface area (Å²) in [5, 5.41) is 0. The van der Waals surface area contributed by atoms with Crippen LogP contribution in [0.25, 0.3) is 0 Å². The van der Waals surface area contributed by atoms with E-state index < -0.39 is 11.6 Å². The number of Topliss-reactive ketones (excluding diaryl/α,β-unsaturated/α-hetero) is 1. The topological polar surface area (TPSA) is 23.6 Å². The van der Waals surface area contributed by atoms with Crippen molar-refractivity contribution < 1.29 is 13.6 Å². The number of carbonyl (C=O) groups excluding carboxylic acids is 1. The van der Waals surface area contributed by atoms with Gasteiger partial charge in [0.2, 0.25) is 0 Å². The van der Waals surface area contributed by atoms with Crippen LogP contribution < -0.4 is 0 Å². The largest absolute Gasteiger partial charge is 0.301 e. The van der Waals surface area contributed by atoms with Gasteiger partial charge in [-0.1, -0.05) is 0 Å². The fourth-order valence-electron chi connectivity index (χ4n) is 2.27. The molecule has 1 aromatic carbocycles. The molecule has 1 atom stereocenters. The number of nitrogens with zero attached hydrogens (tertiary/aromatic N) is 2. The molecular formula is C14H18F2N2O. The lowest BCUT2D eigenvalue weighted by Gasteiger charge is -2.37. The van der Waals surface area contributed by atoms with Crippen LogP contribution in [0, 0.1) is 11.6 Å². The molecule has 0 saturated carbocycles. The SMILES string of the molecule is CC1CN(CC(=O)c2ccc(F)cc2F)CCN1C. The zero-order valence-electron chi connectivity index (χ0n) is 11.2. The van der Waals surface area contributed by atoms with Crippen molar-refractivity contribution in [1.82, 2.24) is 9.80 Å². The maximum absolute atomic E-state index is 13.5. The van der Waals surface area contributed by atoms with E-state index in [1.165, 1.54) is 6.07 Å². The molecule has 1 aliphatic heterocycles. The van der Waals surface area contributed by atoms with Crippen LogP contribution in [0.1, 0.15) is 17.3 Å². The predicted octanol–water partition coefficient (Wildman–Crippen LogP) is 1.78. The lowest BCUT2D eigenvalue weighted by atomic mass is 10.1. The first-order chi connectivity index (χ1) is 8.97. The molecule has 1 heterocycles. The highest BCUT2D eigenvalue weighted by Gasteiger charge is 2.23. The third-order valence-corrected chi connectivity index (χ3v) is 3.64. The Morgan fingerprint density at radius 2 is 2.11 bits per heavy atom. The van der Waals surface area contributed by atoms with Crippen molar-refractivity contribution in [3.8, 4) is 0 Å². The number of hydrogen-bond donors (Lipinski definition) is 0. The van der Waals surface area contributed by atoms with Gasteiger partial charge >= 0.3 is 0 Å². The second kappa shape index (κ2) is 5.75. The number of halogens is 2. The lowest BCUT2D eigenvalue weighted by Crippen LogP contribution is -2.51. The zero-order valence-corrected chi connectivity index (χ0v) is 11.2. The van der Waals surface area contributed by atoms with Crippen molar-refractivity contribution in [3.05, 3.63) is 35.4 Å². The summed E-state index contributed by atoms with van der Waals surface area (Å²) in [4.78, 5) is 16.2. The van der Waals surface area contributed by atoms with Crippen molar-refractivity contribution in [3.63, 3.8) is 0 Å². The summed E-state index contributed by atoms with van der Waals surface area (Å²) in [5.41, 5.74) is -0.0343. The second-order valence-corrected chi connectivity index (χ2v) is 5.11. The number of rotatable bonds is 3. The van der Waals surface area contributed by atoms with Crippen LogP contribution in [0.3, 0.4) is 0 Å². The van der Waals surface area contributed by atoms with Crippen LogP contribution in [0.4, 0.5) is 8.78 Å². The van der Waals surface area contributed by atoms with Gasteiger partial charge in [0.15, 0.2) is 5.78 Å². The van der Waals surface area contributed by atoms with E-state index in [-0.39, 0.29) is 17.9 Å². The predicted molar refractivity (Wildman–Crippen MR) is 69.2 cm³/mol. The van der Waals surface area contributed by atoms with Gasteiger partial charge in [0, 0.05) is 31.7 Å². The molecule has 0 amide bonds. The number of hydrogen-bond acceptors (Lipinski definition) is 3. The van der Waals surface area contributed by atoms with Crippen LogP contribution in [0.2, 0.25) is 0 Å². The maximum Gasteiger partial charge on any atom is 0.179 e. The first-order valence-electron chi connectivity index (χ1n) is 6.38. The van der Waals surface area contributed by atoms with E-state index in [2.05, 4.69) is 11.8 Å². The third kappa shape index (κ3) is 3.36. The molecule has 0 aromatic heterocycles. The Morgan fingerprint density at radius 3 is 2.74 bits per heavy atom. The summed E-state index contributed by atoms with van der Waals surface area (Å²) >= 11 is 0. The Morgan fingerprint density at radius 1 is 1.37 bits per heavy atom. The fraction of sp³-hybridized carbons (Fsp3) is 0.500. The van der Waals surface area contributed by atoms with Crippen molar-refractivity contribution in [2.45, 2.75) is 13.0 Å². The maximum atomic E-state index is 13.5. The Labute approximate surface area is 111 Å². The summed E-state index contributed by atoms with van der Waals surface area (Å²) in [7, 11) is 2.05. The van der Waals surface area contributed by atoms with Crippen molar-refractivity contribution in [2.75, 3.05) is 33.2 Å². The molecule has 3 nitrogen and oxygen atoms in total. The van der Waals surface area contributed by atoms with Crippen LogP contribution in [-0.4, -0.2) is 54.9 Å². The summed E-state index contributed by atoms with van der Waals surface area (Å²) in [6.45, 7) is 4.73. The molecule has 1 aromatic rings. The van der Waals surface area contributed by atoms with E-state index in [4.69, 9.17) is 0 Å². The Kier molecular flexibility index (Phi) is 4.27. The molecule has 0 radical (unpaired) electrons. The molecule has 0 N–H and O–H groups in total. The first-order valence-corrected chi connectivity index (χ1v) is 6.38. The summed E-state index contributed by atoms with van der Waals surface area (Å²) in [5.74, 6) is -1.75. The summed E-state index contributed by atoms with van der Waals surface area (Å²) < 4.78 is 26.3. The number of benzene rings is 1. The molecule has 1 aliphatic rings. The number of ketones is 1. The monoisotopic (exact) mass is 268 g/mol. The molecule has 1 unspecified atom stereocenters. The van der Waals surface area contributed by atoms with Crippen LogP contribution in [0.5, 0.6) is 0 Å². The van der Waals surface area contributed by atoms with E-state index in [0.717, 1.165) is 31.8 Å². The van der Waals surface area contributed by atoms with Crippen molar-refractivity contribution in [1.29, 1.82) is 0 Å². The molecule has 0 aliphatic carbocycles. The van der Waals surface area contributed by atoms with Crippen LogP contribution >= 0.6 is 0 Å². The highest BCUT2D eigenvalue weighted by atomic mass is 19.1. The normalized spacial score (nSPS) is 21.6. The summed E-state index contributed by atoms with van der Waals surface area (Å²) in [6.07, 6.45) is 0. The molecule has 19 heavy (non-hydrogen) atoms. The van der Waals surface area contributed by atoms with Crippen molar-refractivity contribution in [2.24, 2.45) is 0 Å². The van der Waals surface area contributed by atoms with E-state index in [1.807, 2.05) is 11.9 Å². The smallest absolute Gasteiger partial charge is 0.179 e. The Balaban J connectivity index is 2.01. The Bertz CT molecular complexity index is 479. The van der Waals surface area contributed by atoms with Gasteiger partial charge in [-0.15, -0.1) is 0 Å². The molecule has 1 saturated heterocycles. The standard InChI is InChI=1S/C14H18F2N2O/c1-10-8-18(6-5-17(10)2)9-14(19)12-4-3-11(15)7-13(12)16/h3-4,7,10H,5-6,8-9H2,1-2H3. The van der Waals surface area contributed by atoms with E-state index in [9.17, 15) is 13.6 Å². The second-order valence-electron chi connectivity index (χ2n) is 5.11. The van der Waals surface area contributed by atoms with Crippen molar-refractivity contribution >= 4 is 5.78 Å². The van der Waals surface area contributed by atoms with Gasteiger partial charge in [-0.25, -0.2) is 8.78 Å². The van der Waals surface area contributed by atoms with Gasteiger partial charge < -0.3 is 4.90 Å². The Hall–Kier alpha value is -1.33. The summed E-state index contributed by atoms with van der Waals surface area (Å²) in [6, 6.07) is 3.45. The minimum Gasteiger partial charge on any atom is -0.301 e. The van der Waals surface area contributed by atoms with Gasteiger partial charge in [0.25, 0.3) is 0 Å². The molecule has 1 fully saturated rings. The minimum atomic E-state index is -0.785. The quantitative estimate of drug-likeness (QED) is 0.781. The molecule has 2 rings (SSSR count). The third-order valence-electron chi connectivity index (χ3n) is 3.64. The molecular weight excluding hydrogens is 250 g/mol. The molecule has 5 heteroatoms. The van der Waals surface area contributed by atoms with Gasteiger partial charge in [0.05, 0.1) is 12.1 Å². The van der Waals surface area contributed by atoms with Crippen LogP contribution in [0.15, 0.2) is 18.2 Å². The van der Waals surface area contributed by atoms with Gasteiger partial charge in [-0.3, -0.25) is 9.69 Å². The van der Waals surface area contributed by atoms with E-state index in [0.29, 0.717) is 6.04 Å². The number of likely N-dealkylation sites (N-methyl/N-ethyl adjacent to an activating group) is 1. The van der Waals surface area contributed by atoms with E-state index in [1.54, 1.807) is 0 Å². The highest BCUT2D eigenvalue weighted by molar-refractivity contribution is 5.97. The van der Waals surface area contributed by atoms with Gasteiger partial charge in [-0.2, -0.15) is 0 Å². The fourth-order valence-corrected chi connectivity index (χ4v) is 2.27.